The Balaban J connectivity index is 1.37. The van der Waals surface area contributed by atoms with Crippen molar-refractivity contribution in [2.45, 2.75) is 140 Å². The molecule has 0 aliphatic carbocycles. The van der Waals surface area contributed by atoms with Gasteiger partial charge in [0.05, 0.1) is 30.8 Å². The van der Waals surface area contributed by atoms with Crippen molar-refractivity contribution < 1.29 is 36.4 Å². The maximum atomic E-state index is 12.2. The number of ether oxygens (including phenoxy) is 3. The van der Waals surface area contributed by atoms with Crippen LogP contribution in [-0.4, -0.2) is 59.6 Å². The first-order valence-corrected chi connectivity index (χ1v) is 18.8. The molecule has 45 heavy (non-hydrogen) atoms. The lowest BCUT2D eigenvalue weighted by Gasteiger charge is -2.11. The normalized spacial score (nSPS) is 16.5. The zero-order valence-electron chi connectivity index (χ0n) is 27.9. The fourth-order valence-corrected chi connectivity index (χ4v) is 6.28. The monoisotopic (exact) mass is 653 g/mol. The molecule has 2 atom stereocenters. The minimum Gasteiger partial charge on any atom is -0.463 e. The Kier molecular flexibility index (Phi) is 20.9. The number of benzene rings is 1. The van der Waals surface area contributed by atoms with Gasteiger partial charge in [-0.05, 0) is 44.7 Å². The van der Waals surface area contributed by atoms with E-state index in [1.807, 2.05) is 6.92 Å². The third kappa shape index (κ3) is 19.2. The molecule has 1 aromatic rings. The van der Waals surface area contributed by atoms with E-state index in [1.54, 1.807) is 12.1 Å². The highest BCUT2D eigenvalue weighted by atomic mass is 32.2. The van der Waals surface area contributed by atoms with Crippen molar-refractivity contribution in [3.63, 3.8) is 0 Å². The molecule has 1 heterocycles. The molecule has 258 valence electrons. The van der Waals surface area contributed by atoms with E-state index in [2.05, 4.69) is 12.2 Å². The molecule has 1 aromatic carbocycles. The molecule has 10 heteroatoms. The van der Waals surface area contributed by atoms with Crippen molar-refractivity contribution in [2.24, 2.45) is 5.92 Å². The Morgan fingerprint density at radius 1 is 0.800 bits per heavy atom. The summed E-state index contributed by atoms with van der Waals surface area (Å²) in [6.45, 7) is 5.79. The summed E-state index contributed by atoms with van der Waals surface area (Å²) in [7, 11) is -3.76. The predicted octanol–water partition coefficient (Wildman–Crippen LogP) is 8.03. The van der Waals surface area contributed by atoms with Crippen LogP contribution >= 0.6 is 0 Å². The molecule has 1 aliphatic heterocycles. The van der Waals surface area contributed by atoms with Gasteiger partial charge in [0.2, 0.25) is 0 Å². The van der Waals surface area contributed by atoms with Crippen molar-refractivity contribution in [1.82, 2.24) is 5.32 Å². The number of aryl methyl sites for hydroxylation is 1. The molecule has 2 rings (SSSR count). The number of rotatable bonds is 26. The molecular formula is C35H59NO8S. The van der Waals surface area contributed by atoms with Gasteiger partial charge in [0.25, 0.3) is 10.1 Å². The van der Waals surface area contributed by atoms with E-state index in [-0.39, 0.29) is 55.2 Å². The third-order valence-electron chi connectivity index (χ3n) is 8.17. The van der Waals surface area contributed by atoms with Crippen LogP contribution in [0.2, 0.25) is 0 Å². The molecule has 0 bridgehead atoms. The van der Waals surface area contributed by atoms with Crippen molar-refractivity contribution >= 4 is 22.2 Å². The average molecular weight is 654 g/mol. The highest BCUT2D eigenvalue weighted by molar-refractivity contribution is 7.86. The van der Waals surface area contributed by atoms with Crippen LogP contribution in [0.1, 0.15) is 128 Å². The SMILES string of the molecule is CCCCCCCCCCCCCCCNC(=O)OC[C@H]1CO[C@H](COC(=O)CCCCCOS(=O)(=O)c2ccc(C)cc2)C1. The molecule has 1 amide bonds. The molecule has 0 radical (unpaired) electrons. The number of unbranched alkanes of at least 4 members (excludes halogenated alkanes) is 14. The largest absolute Gasteiger partial charge is 0.463 e. The van der Waals surface area contributed by atoms with Crippen LogP contribution in [0.25, 0.3) is 0 Å². The van der Waals surface area contributed by atoms with Crippen LogP contribution in [0.3, 0.4) is 0 Å². The molecule has 1 fully saturated rings. The van der Waals surface area contributed by atoms with Gasteiger partial charge in [-0.2, -0.15) is 8.42 Å². The first-order chi connectivity index (χ1) is 21.8. The van der Waals surface area contributed by atoms with Gasteiger partial charge in [-0.25, -0.2) is 4.79 Å². The molecule has 0 spiro atoms. The van der Waals surface area contributed by atoms with Gasteiger partial charge in [0, 0.05) is 18.9 Å². The molecule has 0 aromatic heterocycles. The van der Waals surface area contributed by atoms with Gasteiger partial charge in [0.15, 0.2) is 0 Å². The molecule has 1 saturated heterocycles. The molecule has 1 aliphatic rings. The van der Waals surface area contributed by atoms with E-state index < -0.39 is 10.1 Å². The summed E-state index contributed by atoms with van der Waals surface area (Å²) in [5, 5.41) is 2.84. The lowest BCUT2D eigenvalue weighted by atomic mass is 10.0. The first-order valence-electron chi connectivity index (χ1n) is 17.4. The van der Waals surface area contributed by atoms with Gasteiger partial charge in [0.1, 0.15) is 6.61 Å². The average Bonchev–Trinajstić information content (AvgIpc) is 3.49. The number of hydrogen-bond acceptors (Lipinski definition) is 8. The van der Waals surface area contributed by atoms with Crippen LogP contribution in [-0.2, 0) is 33.3 Å². The van der Waals surface area contributed by atoms with Crippen LogP contribution in [0.15, 0.2) is 29.2 Å². The minimum atomic E-state index is -3.76. The first kappa shape index (κ1) is 39.0. The van der Waals surface area contributed by atoms with E-state index in [9.17, 15) is 18.0 Å². The molecule has 9 nitrogen and oxygen atoms in total. The number of amides is 1. The predicted molar refractivity (Wildman–Crippen MR) is 177 cm³/mol. The fraction of sp³-hybridized carbons (Fsp3) is 0.771. The second-order valence-electron chi connectivity index (χ2n) is 12.4. The Bertz CT molecular complexity index is 1030. The Morgan fingerprint density at radius 2 is 1.40 bits per heavy atom. The van der Waals surface area contributed by atoms with E-state index in [0.29, 0.717) is 38.8 Å². The quantitative estimate of drug-likeness (QED) is 0.0607. The fourth-order valence-electron chi connectivity index (χ4n) is 5.34. The summed E-state index contributed by atoms with van der Waals surface area (Å²) in [5.41, 5.74) is 0.976. The van der Waals surface area contributed by atoms with Gasteiger partial charge in [-0.15, -0.1) is 0 Å². The summed E-state index contributed by atoms with van der Waals surface area (Å²) in [6.07, 6.45) is 19.0. The van der Waals surface area contributed by atoms with Crippen LogP contribution in [0.4, 0.5) is 4.79 Å². The lowest BCUT2D eigenvalue weighted by Crippen LogP contribution is -2.27. The molecule has 0 unspecified atom stereocenters. The van der Waals surface area contributed by atoms with Crippen molar-refractivity contribution in [2.75, 3.05) is 33.0 Å². The zero-order valence-corrected chi connectivity index (χ0v) is 28.7. The third-order valence-corrected chi connectivity index (χ3v) is 9.49. The van der Waals surface area contributed by atoms with Crippen molar-refractivity contribution in [3.8, 4) is 0 Å². The highest BCUT2D eigenvalue weighted by Gasteiger charge is 2.27. The summed E-state index contributed by atoms with van der Waals surface area (Å²) >= 11 is 0. The topological polar surface area (TPSA) is 117 Å². The summed E-state index contributed by atoms with van der Waals surface area (Å²) in [6, 6.07) is 6.52. The van der Waals surface area contributed by atoms with Gasteiger partial charge in [-0.3, -0.25) is 8.98 Å². The van der Waals surface area contributed by atoms with Gasteiger partial charge >= 0.3 is 12.1 Å². The Hall–Kier alpha value is -2.17. The van der Waals surface area contributed by atoms with Crippen LogP contribution in [0.5, 0.6) is 0 Å². The number of carbonyl (C=O) groups excluding carboxylic acids is 2. The van der Waals surface area contributed by atoms with E-state index in [1.165, 1.54) is 82.8 Å². The van der Waals surface area contributed by atoms with E-state index in [4.69, 9.17) is 18.4 Å². The van der Waals surface area contributed by atoms with Gasteiger partial charge < -0.3 is 19.5 Å². The summed E-state index contributed by atoms with van der Waals surface area (Å²) in [4.78, 5) is 24.3. The molecular weight excluding hydrogens is 594 g/mol. The number of esters is 1. The van der Waals surface area contributed by atoms with Crippen LogP contribution < -0.4 is 5.32 Å². The number of alkyl carbamates (subject to hydrolysis) is 1. The standard InChI is InChI=1S/C35H59NO8S/c1-3-4-5-6-7-8-9-10-11-12-13-14-17-24-36-35(38)43-28-31-26-32(41-27-31)29-42-34(37)19-16-15-18-25-44-45(39,40)33-22-20-30(2)21-23-33/h20-23,31-32H,3-19,24-29H2,1-2H3,(H,36,38)/t31-,32+/m1/s1. The minimum absolute atomic E-state index is 0.0715. The van der Waals surface area contributed by atoms with Crippen molar-refractivity contribution in [3.05, 3.63) is 29.8 Å². The van der Waals surface area contributed by atoms with E-state index in [0.717, 1.165) is 18.4 Å². The maximum absolute atomic E-state index is 12.2. The van der Waals surface area contributed by atoms with Crippen molar-refractivity contribution in [1.29, 1.82) is 0 Å². The van der Waals surface area contributed by atoms with Crippen LogP contribution in [0, 0.1) is 12.8 Å². The highest BCUT2D eigenvalue weighted by Crippen LogP contribution is 2.21. The Morgan fingerprint density at radius 3 is 2.04 bits per heavy atom. The second kappa shape index (κ2) is 24.1. The number of carbonyl (C=O) groups is 2. The number of hydrogen-bond donors (Lipinski definition) is 1. The Labute approximate surface area is 272 Å². The number of nitrogens with one attached hydrogen (secondary N) is 1. The summed E-state index contributed by atoms with van der Waals surface area (Å²) in [5.74, 6) is -0.217. The zero-order chi connectivity index (χ0) is 32.6. The smallest absolute Gasteiger partial charge is 0.407 e. The summed E-state index contributed by atoms with van der Waals surface area (Å²) < 4.78 is 45.9. The maximum Gasteiger partial charge on any atom is 0.407 e. The van der Waals surface area contributed by atoms with E-state index >= 15 is 0 Å². The molecule has 0 saturated carbocycles. The molecule has 1 N–H and O–H groups in total. The van der Waals surface area contributed by atoms with Gasteiger partial charge in [-0.1, -0.05) is 108 Å². The second-order valence-corrected chi connectivity index (χ2v) is 14.0. The lowest BCUT2D eigenvalue weighted by molar-refractivity contribution is -0.147.